The van der Waals surface area contributed by atoms with Crippen molar-refractivity contribution in [1.29, 1.82) is 0 Å². The highest BCUT2D eigenvalue weighted by atomic mass is 16.5. The molecule has 0 aliphatic carbocycles. The molecule has 1 rings (SSSR count). The number of rotatable bonds is 26. The van der Waals surface area contributed by atoms with Gasteiger partial charge in [0.05, 0.1) is 6.61 Å². The van der Waals surface area contributed by atoms with Crippen LogP contribution >= 0.6 is 0 Å². The third-order valence-electron chi connectivity index (χ3n) is 8.37. The second kappa shape index (κ2) is 53.2. The van der Waals surface area contributed by atoms with Crippen LogP contribution in [0, 0.1) is 155 Å². The van der Waals surface area contributed by atoms with Crippen LogP contribution in [-0.2, 0) is 11.3 Å². The monoisotopic (exact) mass is 853 g/mol. The van der Waals surface area contributed by atoms with Gasteiger partial charge in [-0.15, -0.1) is 12.8 Å². The number of terminal acetylenes is 2. The second-order valence-electron chi connectivity index (χ2n) is 13.3. The Bertz CT molecular complexity index is 2110. The van der Waals surface area contributed by atoms with E-state index in [-0.39, 0.29) is 41.1 Å². The van der Waals surface area contributed by atoms with Crippen molar-refractivity contribution in [2.45, 2.75) is 155 Å². The highest BCUT2D eigenvalue weighted by Crippen LogP contribution is 2.14. The lowest BCUT2D eigenvalue weighted by Crippen LogP contribution is -1.95. The van der Waals surface area contributed by atoms with Crippen molar-refractivity contribution < 1.29 is 45.9 Å². The molecule has 2 nitrogen and oxygen atoms in total. The van der Waals surface area contributed by atoms with Crippen molar-refractivity contribution in [3.05, 3.63) is 48.0 Å². The molecular formula is C59H112O2. The molecule has 2 N–H and O–H groups in total. The van der Waals surface area contributed by atoms with Crippen LogP contribution in [0.5, 0.6) is 0 Å². The van der Waals surface area contributed by atoms with Crippen LogP contribution < -0.4 is 0 Å². The van der Waals surface area contributed by atoms with Gasteiger partial charge >= 0.3 is 0 Å². The predicted octanol–water partition coefficient (Wildman–Crippen LogP) is 17.0. The van der Waals surface area contributed by atoms with Gasteiger partial charge in [0.25, 0.3) is 0 Å². The van der Waals surface area contributed by atoms with E-state index in [1.165, 1.54) is 147 Å². The number of hydrogen-bond acceptors (Lipinski definition) is 1. The molecule has 0 fully saturated rings. The summed E-state index contributed by atoms with van der Waals surface area (Å²) in [5.74, 6) is 58.2. The van der Waals surface area contributed by atoms with Gasteiger partial charge in [0.15, 0.2) is 0 Å². The van der Waals surface area contributed by atoms with Gasteiger partial charge in [0.1, 0.15) is 0 Å². The molecule has 1 aromatic carbocycles. The van der Waals surface area contributed by atoms with Crippen molar-refractivity contribution in [2.75, 3.05) is 6.61 Å². The third kappa shape index (κ3) is 51.1. The van der Waals surface area contributed by atoms with Crippen LogP contribution in [0.25, 0.3) is 0 Å². The van der Waals surface area contributed by atoms with E-state index in [4.69, 9.17) is 17.6 Å². The first-order valence-electron chi connectivity index (χ1n) is 21.5. The van der Waals surface area contributed by atoms with Gasteiger partial charge in [-0.3, -0.25) is 0 Å². The minimum absolute atomic E-state index is 0. The van der Waals surface area contributed by atoms with Crippen molar-refractivity contribution in [3.8, 4) is 155 Å². The Balaban J connectivity index is -0.0000000253. The summed E-state index contributed by atoms with van der Waals surface area (Å²) in [6.07, 6.45) is 45.5. The fourth-order valence-electron chi connectivity index (χ4n) is 5.33. The second-order valence-corrected chi connectivity index (χ2v) is 13.3. The summed E-state index contributed by atoms with van der Waals surface area (Å²) in [4.78, 5) is 0. The Hall–Kier alpha value is -6.84. The normalized spacial score (nSPS) is 8.05. The third-order valence-corrected chi connectivity index (χ3v) is 8.37. The zero-order chi connectivity index (χ0) is 43.2. The molecule has 0 spiro atoms. The maximum Gasteiger partial charge on any atom is 0.0716 e. The molecule has 0 saturated carbocycles. The minimum atomic E-state index is 0. The van der Waals surface area contributed by atoms with Gasteiger partial charge in [-0.05, 0) is 132 Å². The Morgan fingerprint density at radius 2 is 0.672 bits per heavy atom. The molecule has 0 atom stereocenters. The van der Waals surface area contributed by atoms with Gasteiger partial charge in [-0.1, -0.05) is 159 Å². The number of unbranched alkanes of at least 4 members (excludes halogenated alkanes) is 20. The minimum Gasteiger partial charge on any atom is -0.412 e. The van der Waals surface area contributed by atoms with Crippen molar-refractivity contribution in [3.63, 3.8) is 0 Å². The van der Waals surface area contributed by atoms with Crippen LogP contribution in [0.4, 0.5) is 0 Å². The molecule has 360 valence electrons. The molecule has 2 heteroatoms. The van der Waals surface area contributed by atoms with Gasteiger partial charge in [-0.25, -0.2) is 0 Å². The first-order valence-corrected chi connectivity index (χ1v) is 21.5. The highest BCUT2D eigenvalue weighted by Gasteiger charge is 1.96. The quantitative estimate of drug-likeness (QED) is 0.0520. The van der Waals surface area contributed by atoms with Gasteiger partial charge in [-0.2, -0.15) is 0 Å². The Kier molecular flexibility index (Phi) is 49.0. The van der Waals surface area contributed by atoms with E-state index < -0.39 is 0 Å². The maximum absolute atomic E-state index is 5.77. The lowest BCUT2D eigenvalue weighted by atomic mass is 10.0. The average molecular weight is 854 g/mol. The summed E-state index contributed by atoms with van der Waals surface area (Å²) in [5, 5.41) is 0. The van der Waals surface area contributed by atoms with Crippen molar-refractivity contribution >= 4 is 0 Å². The highest BCUT2D eigenvalue weighted by molar-refractivity contribution is 5.48. The summed E-state index contributed by atoms with van der Waals surface area (Å²) in [5.41, 5.74) is 1.28. The standard InChI is InChI=1S/C33H58O.C26H2.H2O.25H2/c1-2-3-4-5-6-7-8-9-10-11-12-13-14-15-16-17-18-19-20-21-22-23-24-28-31-34-32-33-29-26-25-27-30-33;1-3-5-7-9-11-13-15-17-19-21-23-25-26-24-22-20-18-16-14-12-10-8-6-4-2;;;;;;;;;;;;;;;;;;;;;;;;;;/h11-12,25-27,29-30H,2-10,13-24,28,31-32H2,1H3;1-2H;1H2;25*1H/b12-11+;;;;;;;;;;;;;;;;;;;;;;;;;;;. The first kappa shape index (κ1) is 56.3. The summed E-state index contributed by atoms with van der Waals surface area (Å²) in [6, 6.07) is 10.5. The fourth-order valence-corrected chi connectivity index (χ4v) is 5.33. The molecule has 0 aliphatic rings. The first-order chi connectivity index (χ1) is 29.8. The van der Waals surface area contributed by atoms with E-state index in [9.17, 15) is 0 Å². The van der Waals surface area contributed by atoms with E-state index in [2.05, 4.69) is 191 Å². The average Bonchev–Trinajstić information content (AvgIpc) is 3.27. The zero-order valence-electron chi connectivity index (χ0n) is 36.6. The molecule has 61 heavy (non-hydrogen) atoms. The molecule has 0 radical (unpaired) electrons. The van der Waals surface area contributed by atoms with Crippen LogP contribution in [0.2, 0.25) is 0 Å². The molecule has 0 aromatic heterocycles. The van der Waals surface area contributed by atoms with Gasteiger partial charge in [0.2, 0.25) is 0 Å². The van der Waals surface area contributed by atoms with Gasteiger partial charge < -0.3 is 10.2 Å². The maximum atomic E-state index is 5.77. The SMILES string of the molecule is C#CC#CC#CC#CC#CC#CC#CC#CC#CC#CC#CC#CC#C.CCCCCCCCCC/C=C/CCCCCCCCCCCCCCOCc1ccccc1.O.[HH].[HH].[HH].[HH].[HH].[HH].[HH].[HH].[HH].[HH].[HH].[HH].[HH].[HH].[HH].[HH].[HH].[HH].[HH].[HH].[HH].[HH].[HH].[HH].[HH]. The van der Waals surface area contributed by atoms with Crippen LogP contribution in [0.15, 0.2) is 42.5 Å². The topological polar surface area (TPSA) is 40.7 Å². The smallest absolute Gasteiger partial charge is 0.0716 e. The molecule has 1 aromatic rings. The molecule has 0 aliphatic heterocycles. The Morgan fingerprint density at radius 1 is 0.393 bits per heavy atom. The molecule has 0 amide bonds. The van der Waals surface area contributed by atoms with E-state index in [1.807, 2.05) is 0 Å². The Labute approximate surface area is 410 Å². The van der Waals surface area contributed by atoms with Crippen molar-refractivity contribution in [2.24, 2.45) is 0 Å². The molecule has 0 saturated heterocycles. The molecular weight excluding hydrogens is 741 g/mol. The number of allylic oxidation sites excluding steroid dienone is 2. The van der Waals surface area contributed by atoms with Crippen LogP contribution in [0.3, 0.4) is 0 Å². The summed E-state index contributed by atoms with van der Waals surface area (Å²) in [6.45, 7) is 3.96. The molecule has 0 bridgehead atoms. The lowest BCUT2D eigenvalue weighted by molar-refractivity contribution is 0.116. The van der Waals surface area contributed by atoms with E-state index in [1.54, 1.807) is 0 Å². The molecule has 0 heterocycles. The largest absolute Gasteiger partial charge is 0.412 e. The molecule has 0 unspecified atom stereocenters. The Morgan fingerprint density at radius 3 is 0.984 bits per heavy atom. The van der Waals surface area contributed by atoms with Crippen LogP contribution in [0.1, 0.15) is 189 Å². The summed E-state index contributed by atoms with van der Waals surface area (Å²) < 4.78 is 5.77. The predicted molar refractivity (Wildman–Crippen MR) is 312 cm³/mol. The number of ether oxygens (including phenoxy) is 1. The number of hydrogen-bond donors (Lipinski definition) is 0. The lowest BCUT2D eigenvalue weighted by Gasteiger charge is -2.05. The summed E-state index contributed by atoms with van der Waals surface area (Å²) >= 11 is 0. The van der Waals surface area contributed by atoms with E-state index in [0.717, 1.165) is 13.2 Å². The van der Waals surface area contributed by atoms with Crippen molar-refractivity contribution in [1.82, 2.24) is 0 Å². The van der Waals surface area contributed by atoms with E-state index >= 15 is 0 Å². The van der Waals surface area contributed by atoms with Gasteiger partial charge in [0, 0.05) is 89.6 Å². The van der Waals surface area contributed by atoms with E-state index in [0.29, 0.717) is 0 Å². The summed E-state index contributed by atoms with van der Waals surface area (Å²) in [7, 11) is 0. The van der Waals surface area contributed by atoms with Crippen LogP contribution in [-0.4, -0.2) is 12.1 Å². The zero-order valence-corrected chi connectivity index (χ0v) is 36.6. The number of benzene rings is 1. The fraction of sp³-hybridized carbons (Fsp3) is 0.424.